The van der Waals surface area contributed by atoms with Crippen LogP contribution in [-0.4, -0.2) is 28.5 Å². The van der Waals surface area contributed by atoms with Crippen LogP contribution in [0.25, 0.3) is 0 Å². The number of carbonyl (C=O) groups is 2. The van der Waals surface area contributed by atoms with Crippen LogP contribution in [-0.2, 0) is 4.79 Å². The summed E-state index contributed by atoms with van der Waals surface area (Å²) in [5, 5.41) is 13.0. The number of carbonyl (C=O) groups excluding carboxylic acids is 1. The summed E-state index contributed by atoms with van der Waals surface area (Å²) >= 11 is 1.49. The molecule has 1 aliphatic rings. The van der Waals surface area contributed by atoms with E-state index in [2.05, 4.69) is 10.3 Å². The first kappa shape index (κ1) is 16.9. The van der Waals surface area contributed by atoms with Crippen molar-refractivity contribution in [2.75, 3.05) is 6.54 Å². The SMILES string of the molecule is Cc1nc(C2CCCC2)sc1C(=O)NCCC(C)(C)C(=O)O. The Bertz CT molecular complexity index is 560. The molecule has 22 heavy (non-hydrogen) atoms. The highest BCUT2D eigenvalue weighted by molar-refractivity contribution is 7.13. The lowest BCUT2D eigenvalue weighted by molar-refractivity contribution is -0.147. The quantitative estimate of drug-likeness (QED) is 0.841. The van der Waals surface area contributed by atoms with Crippen molar-refractivity contribution in [3.63, 3.8) is 0 Å². The number of aromatic nitrogens is 1. The van der Waals surface area contributed by atoms with Crippen LogP contribution in [0.15, 0.2) is 0 Å². The van der Waals surface area contributed by atoms with Gasteiger partial charge in [0.25, 0.3) is 5.91 Å². The lowest BCUT2D eigenvalue weighted by atomic mass is 9.90. The van der Waals surface area contributed by atoms with Crippen molar-refractivity contribution < 1.29 is 14.7 Å². The average molecular weight is 324 g/mol. The lowest BCUT2D eigenvalue weighted by Gasteiger charge is -2.18. The van der Waals surface area contributed by atoms with Gasteiger partial charge in [0.1, 0.15) is 4.88 Å². The monoisotopic (exact) mass is 324 g/mol. The predicted molar refractivity (Wildman–Crippen MR) is 86.4 cm³/mol. The molecular weight excluding hydrogens is 300 g/mol. The zero-order chi connectivity index (χ0) is 16.3. The highest BCUT2D eigenvalue weighted by Crippen LogP contribution is 2.37. The van der Waals surface area contributed by atoms with Gasteiger partial charge in [-0.15, -0.1) is 11.3 Å². The molecule has 5 nitrogen and oxygen atoms in total. The van der Waals surface area contributed by atoms with Crippen LogP contribution in [0.4, 0.5) is 0 Å². The van der Waals surface area contributed by atoms with Gasteiger partial charge < -0.3 is 10.4 Å². The third-order valence-electron chi connectivity index (χ3n) is 4.34. The van der Waals surface area contributed by atoms with Crippen LogP contribution >= 0.6 is 11.3 Å². The highest BCUT2D eigenvalue weighted by atomic mass is 32.1. The summed E-state index contributed by atoms with van der Waals surface area (Å²) in [5.41, 5.74) is -0.0488. The number of carboxylic acid groups (broad SMARTS) is 1. The van der Waals surface area contributed by atoms with Gasteiger partial charge in [-0.25, -0.2) is 4.98 Å². The molecule has 2 N–H and O–H groups in total. The zero-order valence-corrected chi connectivity index (χ0v) is 14.3. The van der Waals surface area contributed by atoms with Gasteiger partial charge in [-0.1, -0.05) is 12.8 Å². The maximum Gasteiger partial charge on any atom is 0.309 e. The molecule has 0 spiro atoms. The van der Waals surface area contributed by atoms with E-state index in [1.165, 1.54) is 37.0 Å². The Kier molecular flexibility index (Phi) is 5.21. The fourth-order valence-electron chi connectivity index (χ4n) is 2.65. The summed E-state index contributed by atoms with van der Waals surface area (Å²) in [6, 6.07) is 0. The Hall–Kier alpha value is -1.43. The topological polar surface area (TPSA) is 79.3 Å². The second-order valence-corrected chi connectivity index (χ2v) is 7.67. The van der Waals surface area contributed by atoms with Gasteiger partial charge in [0, 0.05) is 12.5 Å². The summed E-state index contributed by atoms with van der Waals surface area (Å²) in [6.07, 6.45) is 5.23. The number of aliphatic carboxylic acids is 1. The molecule has 1 heterocycles. The maximum atomic E-state index is 12.3. The van der Waals surface area contributed by atoms with Crippen LogP contribution in [0.2, 0.25) is 0 Å². The molecule has 122 valence electrons. The minimum atomic E-state index is -0.848. The Labute approximate surface area is 135 Å². The number of hydrogen-bond acceptors (Lipinski definition) is 4. The number of nitrogens with one attached hydrogen (secondary N) is 1. The number of nitrogens with zero attached hydrogens (tertiary/aromatic N) is 1. The van der Waals surface area contributed by atoms with Crippen LogP contribution in [0.3, 0.4) is 0 Å². The lowest BCUT2D eigenvalue weighted by Crippen LogP contribution is -2.31. The van der Waals surface area contributed by atoms with Crippen LogP contribution in [0, 0.1) is 12.3 Å². The van der Waals surface area contributed by atoms with Crippen LogP contribution in [0.5, 0.6) is 0 Å². The third-order valence-corrected chi connectivity index (χ3v) is 5.66. The smallest absolute Gasteiger partial charge is 0.309 e. The van der Waals surface area contributed by atoms with Gasteiger partial charge in [0.2, 0.25) is 0 Å². The second-order valence-electron chi connectivity index (χ2n) is 6.64. The van der Waals surface area contributed by atoms with Gasteiger partial charge in [-0.05, 0) is 40.0 Å². The number of rotatable bonds is 6. The summed E-state index contributed by atoms with van der Waals surface area (Å²) < 4.78 is 0. The molecule has 0 atom stereocenters. The molecule has 0 bridgehead atoms. The van der Waals surface area contributed by atoms with Gasteiger partial charge in [0.15, 0.2) is 0 Å². The Morgan fingerprint density at radius 3 is 2.59 bits per heavy atom. The van der Waals surface area contributed by atoms with E-state index in [9.17, 15) is 9.59 Å². The van der Waals surface area contributed by atoms with Crippen LogP contribution < -0.4 is 5.32 Å². The minimum absolute atomic E-state index is 0.138. The summed E-state index contributed by atoms with van der Waals surface area (Å²) in [4.78, 5) is 28.5. The molecule has 1 fully saturated rings. The molecule has 0 saturated heterocycles. The van der Waals surface area contributed by atoms with Crippen molar-refractivity contribution in [2.45, 2.75) is 58.8 Å². The van der Waals surface area contributed by atoms with Gasteiger partial charge >= 0.3 is 5.97 Å². The molecule has 2 rings (SSSR count). The number of aryl methyl sites for hydroxylation is 1. The fourth-order valence-corrected chi connectivity index (χ4v) is 3.80. The predicted octanol–water partition coefficient (Wildman–Crippen LogP) is 3.34. The first-order chi connectivity index (χ1) is 10.3. The first-order valence-electron chi connectivity index (χ1n) is 7.80. The molecule has 6 heteroatoms. The van der Waals surface area contributed by atoms with Crippen molar-refractivity contribution in [1.82, 2.24) is 10.3 Å². The van der Waals surface area contributed by atoms with E-state index in [4.69, 9.17) is 5.11 Å². The van der Waals surface area contributed by atoms with Crippen LogP contribution in [0.1, 0.15) is 72.2 Å². The van der Waals surface area contributed by atoms with Crippen molar-refractivity contribution in [1.29, 1.82) is 0 Å². The van der Waals surface area contributed by atoms with Gasteiger partial charge in [-0.3, -0.25) is 9.59 Å². The maximum absolute atomic E-state index is 12.3. The van der Waals surface area contributed by atoms with Crippen molar-refractivity contribution >= 4 is 23.2 Å². The van der Waals surface area contributed by atoms with Gasteiger partial charge in [0.05, 0.1) is 16.1 Å². The summed E-state index contributed by atoms with van der Waals surface area (Å²) in [7, 11) is 0. The van der Waals surface area contributed by atoms with E-state index in [0.29, 0.717) is 23.8 Å². The van der Waals surface area contributed by atoms with Crippen molar-refractivity contribution in [3.8, 4) is 0 Å². The molecule has 1 aliphatic carbocycles. The summed E-state index contributed by atoms with van der Waals surface area (Å²) in [6.45, 7) is 5.55. The number of amides is 1. The molecule has 0 aromatic carbocycles. The standard InChI is InChI=1S/C16H24N2O3S/c1-10-12(22-14(18-10)11-6-4-5-7-11)13(19)17-9-8-16(2,3)15(20)21/h11H,4-9H2,1-3H3,(H,17,19)(H,20,21). The third kappa shape index (κ3) is 3.85. The molecule has 1 amide bonds. The molecule has 1 saturated carbocycles. The zero-order valence-electron chi connectivity index (χ0n) is 13.4. The molecule has 1 aromatic heterocycles. The molecule has 0 radical (unpaired) electrons. The largest absolute Gasteiger partial charge is 0.481 e. The van der Waals surface area contributed by atoms with Gasteiger partial charge in [-0.2, -0.15) is 0 Å². The fraction of sp³-hybridized carbons (Fsp3) is 0.688. The molecule has 1 aromatic rings. The molecule has 0 unspecified atom stereocenters. The number of thiazole rings is 1. The molecule has 0 aliphatic heterocycles. The second kappa shape index (κ2) is 6.77. The van der Waals surface area contributed by atoms with E-state index in [-0.39, 0.29) is 5.91 Å². The Balaban J connectivity index is 1.94. The average Bonchev–Trinajstić information content (AvgIpc) is 3.06. The van der Waals surface area contributed by atoms with E-state index >= 15 is 0 Å². The highest BCUT2D eigenvalue weighted by Gasteiger charge is 2.27. The van der Waals surface area contributed by atoms with E-state index < -0.39 is 11.4 Å². The normalized spacial score (nSPS) is 16.0. The molecular formula is C16H24N2O3S. The summed E-state index contributed by atoms with van der Waals surface area (Å²) in [5.74, 6) is -0.476. The first-order valence-corrected chi connectivity index (χ1v) is 8.62. The minimum Gasteiger partial charge on any atom is -0.481 e. The van der Waals surface area contributed by atoms with E-state index in [1.54, 1.807) is 13.8 Å². The Morgan fingerprint density at radius 1 is 1.36 bits per heavy atom. The number of carboxylic acids is 1. The van der Waals surface area contributed by atoms with E-state index in [0.717, 1.165) is 10.7 Å². The van der Waals surface area contributed by atoms with E-state index in [1.807, 2.05) is 6.92 Å². The van der Waals surface area contributed by atoms with Crippen molar-refractivity contribution in [3.05, 3.63) is 15.6 Å². The number of hydrogen-bond donors (Lipinski definition) is 2. The van der Waals surface area contributed by atoms with Crippen molar-refractivity contribution in [2.24, 2.45) is 5.41 Å². The Morgan fingerprint density at radius 2 is 2.00 bits per heavy atom.